The monoisotopic (exact) mass is 296 g/mol. The van der Waals surface area contributed by atoms with Crippen LogP contribution in [0.1, 0.15) is 31.1 Å². The van der Waals surface area contributed by atoms with Gasteiger partial charge in [-0.15, -0.1) is 0 Å². The number of nitrogens with one attached hydrogen (secondary N) is 1. The van der Waals surface area contributed by atoms with Crippen molar-refractivity contribution < 1.29 is 14.8 Å². The second kappa shape index (κ2) is 6.51. The molecule has 8 heteroatoms. The average Bonchev–Trinajstić information content (AvgIpc) is 2.42. The van der Waals surface area contributed by atoms with E-state index in [9.17, 15) is 20.0 Å². The van der Waals surface area contributed by atoms with Crippen molar-refractivity contribution in [2.45, 2.75) is 26.4 Å². The summed E-state index contributed by atoms with van der Waals surface area (Å²) >= 11 is 0. The molecular weight excluding hydrogens is 276 g/mol. The van der Waals surface area contributed by atoms with Gasteiger partial charge in [0.15, 0.2) is 0 Å². The van der Waals surface area contributed by atoms with E-state index in [0.717, 1.165) is 0 Å². The number of anilines is 1. The Morgan fingerprint density at radius 1 is 1.52 bits per heavy atom. The number of carbonyl (C=O) groups excluding carboxylic acids is 1. The predicted molar refractivity (Wildman–Crippen MR) is 78.8 cm³/mol. The van der Waals surface area contributed by atoms with Crippen LogP contribution in [-0.4, -0.2) is 39.5 Å². The largest absolute Gasteiger partial charge is 0.389 e. The molecule has 0 fully saturated rings. The summed E-state index contributed by atoms with van der Waals surface area (Å²) in [5.41, 5.74) is 1.28. The van der Waals surface area contributed by atoms with Crippen LogP contribution in [0.25, 0.3) is 0 Å². The lowest BCUT2D eigenvalue weighted by Gasteiger charge is -2.28. The third kappa shape index (κ3) is 4.40. The Kier molecular flexibility index (Phi) is 5.23. The highest BCUT2D eigenvalue weighted by Crippen LogP contribution is 2.24. The van der Waals surface area contributed by atoms with Crippen LogP contribution in [0.4, 0.5) is 11.4 Å². The number of rotatable bonds is 6. The summed E-state index contributed by atoms with van der Waals surface area (Å²) in [6.45, 7) is 5.25. The minimum Gasteiger partial charge on any atom is -0.389 e. The molecule has 1 aromatic carbocycles. The van der Waals surface area contributed by atoms with Gasteiger partial charge in [-0.25, -0.2) is 0 Å². The molecule has 0 saturated carbocycles. The van der Waals surface area contributed by atoms with Gasteiger partial charge in [0.1, 0.15) is 5.56 Å². The van der Waals surface area contributed by atoms with Crippen molar-refractivity contribution in [3.05, 3.63) is 33.9 Å². The normalized spacial score (nSPS) is 11.1. The van der Waals surface area contributed by atoms with Gasteiger partial charge in [-0.05, 0) is 32.9 Å². The number of hydrogen-bond donors (Lipinski definition) is 3. The first-order valence-corrected chi connectivity index (χ1v) is 6.46. The van der Waals surface area contributed by atoms with Crippen LogP contribution in [0.3, 0.4) is 0 Å². The van der Waals surface area contributed by atoms with Crippen LogP contribution in [0.2, 0.25) is 0 Å². The Balaban J connectivity index is 3.22. The highest BCUT2D eigenvalue weighted by Gasteiger charge is 2.27. The van der Waals surface area contributed by atoms with E-state index in [0.29, 0.717) is 12.2 Å². The fourth-order valence-corrected chi connectivity index (χ4v) is 1.92. The minimum atomic E-state index is -1.09. The molecule has 0 aromatic heterocycles. The number of nitro groups is 1. The summed E-state index contributed by atoms with van der Waals surface area (Å²) in [6, 6.07) is 3.97. The fraction of sp³-hybridized carbons (Fsp3) is 0.462. The smallest absolute Gasteiger partial charge is 0.282 e. The summed E-state index contributed by atoms with van der Waals surface area (Å²) in [4.78, 5) is 24.3. The maximum Gasteiger partial charge on any atom is 0.282 e. The van der Waals surface area contributed by atoms with Gasteiger partial charge < -0.3 is 15.4 Å². The second-order valence-electron chi connectivity index (χ2n) is 5.27. The van der Waals surface area contributed by atoms with Crippen LogP contribution in [0.15, 0.2) is 18.2 Å². The molecule has 8 nitrogen and oxygen atoms in total. The Labute approximate surface area is 122 Å². The molecule has 0 aliphatic carbocycles. The van der Waals surface area contributed by atoms with Crippen LogP contribution < -0.4 is 11.3 Å². The van der Waals surface area contributed by atoms with Gasteiger partial charge >= 0.3 is 0 Å². The minimum absolute atomic E-state index is 0.0680. The second-order valence-corrected chi connectivity index (χ2v) is 5.27. The molecule has 0 spiro atoms. The molecule has 116 valence electrons. The Morgan fingerprint density at radius 2 is 2.14 bits per heavy atom. The number of amides is 1. The summed E-state index contributed by atoms with van der Waals surface area (Å²) in [5, 5.41) is 20.9. The average molecular weight is 296 g/mol. The van der Waals surface area contributed by atoms with Crippen LogP contribution in [-0.2, 0) is 0 Å². The molecule has 4 N–H and O–H groups in total. The molecule has 0 aliphatic heterocycles. The molecule has 0 saturated heterocycles. The molecule has 0 unspecified atom stereocenters. The van der Waals surface area contributed by atoms with Crippen LogP contribution in [0.5, 0.6) is 0 Å². The van der Waals surface area contributed by atoms with E-state index < -0.39 is 16.4 Å². The highest BCUT2D eigenvalue weighted by atomic mass is 16.6. The van der Waals surface area contributed by atoms with Crippen LogP contribution >= 0.6 is 0 Å². The van der Waals surface area contributed by atoms with Crippen molar-refractivity contribution in [1.29, 1.82) is 0 Å². The van der Waals surface area contributed by atoms with E-state index in [-0.39, 0.29) is 17.8 Å². The maximum atomic E-state index is 12.5. The lowest BCUT2D eigenvalue weighted by molar-refractivity contribution is -0.385. The zero-order chi connectivity index (χ0) is 16.2. The molecule has 0 radical (unpaired) electrons. The van der Waals surface area contributed by atoms with E-state index in [1.165, 1.54) is 23.1 Å². The first-order chi connectivity index (χ1) is 9.69. The topological polar surface area (TPSA) is 122 Å². The first-order valence-electron chi connectivity index (χ1n) is 6.46. The van der Waals surface area contributed by atoms with Gasteiger partial charge in [-0.2, -0.15) is 0 Å². The zero-order valence-corrected chi connectivity index (χ0v) is 12.3. The van der Waals surface area contributed by atoms with Gasteiger partial charge in [0.2, 0.25) is 0 Å². The van der Waals surface area contributed by atoms with Crippen molar-refractivity contribution in [3.63, 3.8) is 0 Å². The molecule has 0 aliphatic rings. The van der Waals surface area contributed by atoms with Gasteiger partial charge in [0, 0.05) is 24.8 Å². The zero-order valence-electron chi connectivity index (χ0n) is 12.3. The van der Waals surface area contributed by atoms with Gasteiger partial charge in [-0.3, -0.25) is 20.8 Å². The lowest BCUT2D eigenvalue weighted by atomic mass is 10.1. The summed E-state index contributed by atoms with van der Waals surface area (Å²) in [5.74, 6) is 4.75. The van der Waals surface area contributed by atoms with E-state index in [1.807, 2.05) is 0 Å². The number of aliphatic hydroxyl groups is 1. The number of hydrogen-bond acceptors (Lipinski definition) is 6. The van der Waals surface area contributed by atoms with E-state index in [1.54, 1.807) is 20.8 Å². The number of likely N-dealkylation sites (N-methyl/N-ethyl adjacent to an activating group) is 1. The molecule has 1 rings (SSSR count). The summed E-state index contributed by atoms with van der Waals surface area (Å²) < 4.78 is 0. The number of nitrogen functional groups attached to an aromatic ring is 1. The number of benzene rings is 1. The number of nitrogens with two attached hydrogens (primary N) is 1. The first kappa shape index (κ1) is 16.9. The SMILES string of the molecule is CCN(CC(C)(C)O)C(=O)c1cc(NN)ccc1[N+](=O)[O-]. The van der Waals surface area contributed by atoms with E-state index >= 15 is 0 Å². The third-order valence-corrected chi connectivity index (χ3v) is 2.84. The quantitative estimate of drug-likeness (QED) is 0.411. The van der Waals surface area contributed by atoms with Crippen molar-refractivity contribution in [2.75, 3.05) is 18.5 Å². The van der Waals surface area contributed by atoms with Crippen molar-refractivity contribution in [1.82, 2.24) is 4.90 Å². The van der Waals surface area contributed by atoms with Crippen LogP contribution in [0, 0.1) is 10.1 Å². The standard InChI is InChI=1S/C13H20N4O4/c1-4-16(8-13(2,3)19)12(18)10-7-9(15-14)5-6-11(10)17(20)21/h5-7,15,19H,4,8,14H2,1-3H3. The van der Waals surface area contributed by atoms with Crippen molar-refractivity contribution in [2.24, 2.45) is 5.84 Å². The molecule has 21 heavy (non-hydrogen) atoms. The number of carbonyl (C=O) groups is 1. The van der Waals surface area contributed by atoms with Crippen molar-refractivity contribution in [3.8, 4) is 0 Å². The molecular formula is C13H20N4O4. The lowest BCUT2D eigenvalue weighted by Crippen LogP contribution is -2.42. The summed E-state index contributed by atoms with van der Waals surface area (Å²) in [6.07, 6.45) is 0. The van der Waals surface area contributed by atoms with E-state index in [4.69, 9.17) is 5.84 Å². The number of nitrogens with zero attached hydrogens (tertiary/aromatic N) is 2. The molecule has 1 amide bonds. The number of hydrazine groups is 1. The summed E-state index contributed by atoms with van der Waals surface area (Å²) in [7, 11) is 0. The number of nitro benzene ring substituents is 1. The van der Waals surface area contributed by atoms with Gasteiger partial charge in [0.05, 0.1) is 10.5 Å². The molecule has 0 atom stereocenters. The third-order valence-electron chi connectivity index (χ3n) is 2.84. The predicted octanol–water partition coefficient (Wildman–Crippen LogP) is 1.11. The van der Waals surface area contributed by atoms with Crippen molar-refractivity contribution >= 4 is 17.3 Å². The molecule has 0 bridgehead atoms. The molecule has 1 aromatic rings. The fourth-order valence-electron chi connectivity index (χ4n) is 1.92. The van der Waals surface area contributed by atoms with Gasteiger partial charge in [0.25, 0.3) is 11.6 Å². The van der Waals surface area contributed by atoms with Gasteiger partial charge in [-0.1, -0.05) is 0 Å². The maximum absolute atomic E-state index is 12.5. The van der Waals surface area contributed by atoms with E-state index in [2.05, 4.69) is 5.43 Å². The Bertz CT molecular complexity index is 539. The Morgan fingerprint density at radius 3 is 2.57 bits per heavy atom. The Hall–Kier alpha value is -2.19. The highest BCUT2D eigenvalue weighted by molar-refractivity contribution is 5.99. The molecule has 0 heterocycles.